The van der Waals surface area contributed by atoms with Gasteiger partial charge in [-0.2, -0.15) is 0 Å². The van der Waals surface area contributed by atoms with Crippen LogP contribution in [0.1, 0.15) is 132 Å². The van der Waals surface area contributed by atoms with Gasteiger partial charge in [-0.25, -0.2) is 14.4 Å². The molecule has 1 aliphatic heterocycles. The number of alkyl carbamates (subject to hydrolysis) is 1. The van der Waals surface area contributed by atoms with Crippen LogP contribution < -0.4 is 5.32 Å². The van der Waals surface area contributed by atoms with Crippen molar-refractivity contribution in [3.05, 3.63) is 82.9 Å². The smallest absolute Gasteiger partial charge is 0.408 e. The fourth-order valence-corrected chi connectivity index (χ4v) is 18.4. The molecule has 1 amide bonds. The van der Waals surface area contributed by atoms with Crippen molar-refractivity contribution >= 4 is 32.3 Å². The topological polar surface area (TPSA) is 185 Å². The van der Waals surface area contributed by atoms with Crippen molar-refractivity contribution < 1.29 is 62.2 Å². The normalized spacial score (nSPS) is 31.0. The minimum atomic E-state index is -2.94. The first kappa shape index (κ1) is 53.2. The Balaban J connectivity index is 1.56. The summed E-state index contributed by atoms with van der Waals surface area (Å²) in [6.45, 7) is 26.6. The maximum atomic E-state index is 15.6. The van der Waals surface area contributed by atoms with Crippen LogP contribution in [0.4, 0.5) is 4.79 Å². The number of carbonyl (C=O) groups excluding carboxylic acids is 4. The SMILES string of the molecule is CO[C@H]1C[C@H]2OC[C@@]2(OC(C)=O)[C@H]2[C@H](OC(=O)c3ccccc3)[C@@H]3C[C@H](OC(=O)[C@H](O[Si](C(C)C)(C(C)C)C(C)C)[C@@H](NC(=O)OC(C)(C)C)c4ccccc4)C(C)=C([C@@H](O)[C@H](O)[C@]12C)C3(C)C. The highest BCUT2D eigenvalue weighted by atomic mass is 28.4. The van der Waals surface area contributed by atoms with Gasteiger partial charge < -0.3 is 48.4 Å². The van der Waals surface area contributed by atoms with Crippen LogP contribution in [0, 0.1) is 22.7 Å². The highest BCUT2D eigenvalue weighted by molar-refractivity contribution is 6.77. The summed E-state index contributed by atoms with van der Waals surface area (Å²) < 4.78 is 45.4. The second-order valence-corrected chi connectivity index (χ2v) is 27.7. The molecular weight excluding hydrogens is 887 g/mol. The highest BCUT2D eigenvalue weighted by Gasteiger charge is 2.75. The van der Waals surface area contributed by atoms with Gasteiger partial charge in [0.15, 0.2) is 11.7 Å². The molecule has 0 aromatic heterocycles. The van der Waals surface area contributed by atoms with Gasteiger partial charge in [-0.3, -0.25) is 4.79 Å². The van der Waals surface area contributed by atoms with E-state index in [4.69, 9.17) is 32.8 Å². The van der Waals surface area contributed by atoms with Crippen molar-refractivity contribution in [3.63, 3.8) is 0 Å². The number of fused-ring (bicyclic) bond motifs is 5. The van der Waals surface area contributed by atoms with E-state index < -0.39 is 115 Å². The molecule has 2 aromatic carbocycles. The molecule has 4 aliphatic rings. The number of nitrogens with one attached hydrogen (secondary N) is 1. The van der Waals surface area contributed by atoms with Gasteiger partial charge in [0.1, 0.15) is 30.0 Å². The van der Waals surface area contributed by atoms with Crippen LogP contribution in [0.15, 0.2) is 71.8 Å². The predicted octanol–water partition coefficient (Wildman–Crippen LogP) is 8.79. The van der Waals surface area contributed by atoms with Crippen LogP contribution in [0.25, 0.3) is 0 Å². The summed E-state index contributed by atoms with van der Waals surface area (Å²) in [7, 11) is -1.42. The maximum absolute atomic E-state index is 15.6. The van der Waals surface area contributed by atoms with E-state index >= 15 is 4.79 Å². The predicted molar refractivity (Wildman–Crippen MR) is 258 cm³/mol. The molecule has 3 N–H and O–H groups in total. The Kier molecular flexibility index (Phi) is 15.6. The van der Waals surface area contributed by atoms with Crippen LogP contribution >= 0.6 is 0 Å². The summed E-state index contributed by atoms with van der Waals surface area (Å²) in [5, 5.41) is 28.7. The molecular formula is C53H77NO13Si. The minimum absolute atomic E-state index is 0.0305. The molecule has 14 nitrogen and oxygen atoms in total. The number of rotatable bonds is 14. The summed E-state index contributed by atoms with van der Waals surface area (Å²) in [4.78, 5) is 57.1. The molecule has 6 rings (SSSR count). The summed E-state index contributed by atoms with van der Waals surface area (Å²) in [5.74, 6) is -3.73. The number of hydrogen-bond donors (Lipinski definition) is 3. The Morgan fingerprint density at radius 1 is 0.853 bits per heavy atom. The number of methoxy groups -OCH3 is 1. The largest absolute Gasteiger partial charge is 0.458 e. The van der Waals surface area contributed by atoms with E-state index in [-0.39, 0.29) is 41.6 Å². The molecule has 15 heteroatoms. The van der Waals surface area contributed by atoms with Gasteiger partial charge in [0.25, 0.3) is 0 Å². The van der Waals surface area contributed by atoms with Crippen LogP contribution in [-0.4, -0.2) is 110 Å². The van der Waals surface area contributed by atoms with Gasteiger partial charge in [-0.1, -0.05) is 111 Å². The van der Waals surface area contributed by atoms with Crippen LogP contribution in [0.2, 0.25) is 16.6 Å². The van der Waals surface area contributed by atoms with Crippen molar-refractivity contribution in [2.24, 2.45) is 22.7 Å². The lowest BCUT2D eigenvalue weighted by Crippen LogP contribution is -2.80. The van der Waals surface area contributed by atoms with Gasteiger partial charge in [0, 0.05) is 31.8 Å². The lowest BCUT2D eigenvalue weighted by atomic mass is 9.45. The molecule has 2 aromatic rings. The molecule has 376 valence electrons. The molecule has 3 aliphatic carbocycles. The Morgan fingerprint density at radius 2 is 1.43 bits per heavy atom. The molecule has 0 radical (unpaired) electrons. The third kappa shape index (κ3) is 9.56. The van der Waals surface area contributed by atoms with Gasteiger partial charge >= 0.3 is 24.0 Å². The summed E-state index contributed by atoms with van der Waals surface area (Å²) >= 11 is 0. The monoisotopic (exact) mass is 964 g/mol. The molecule has 2 bridgehead atoms. The molecule has 68 heavy (non-hydrogen) atoms. The van der Waals surface area contributed by atoms with E-state index in [0.717, 1.165) is 0 Å². The zero-order valence-corrected chi connectivity index (χ0v) is 43.8. The first-order chi connectivity index (χ1) is 31.7. The molecule has 0 unspecified atom stereocenters. The number of hydrogen-bond acceptors (Lipinski definition) is 13. The first-order valence-electron chi connectivity index (χ1n) is 24.3. The number of esters is 3. The quantitative estimate of drug-likeness (QED) is 0.0707. The molecule has 3 fully saturated rings. The Morgan fingerprint density at radius 3 is 1.93 bits per heavy atom. The third-order valence-corrected chi connectivity index (χ3v) is 21.9. The average Bonchev–Trinajstić information content (AvgIpc) is 3.24. The summed E-state index contributed by atoms with van der Waals surface area (Å²) in [5.41, 5.74) is -2.79. The highest BCUT2D eigenvalue weighted by Crippen LogP contribution is 2.64. The molecule has 12 atom stereocenters. The average molecular weight is 964 g/mol. The van der Waals surface area contributed by atoms with Crippen molar-refractivity contribution in [1.29, 1.82) is 0 Å². The van der Waals surface area contributed by atoms with Crippen molar-refractivity contribution in [2.75, 3.05) is 13.7 Å². The lowest BCUT2D eigenvalue weighted by molar-refractivity contribution is -0.356. The molecule has 1 saturated heterocycles. The van der Waals surface area contributed by atoms with Crippen molar-refractivity contribution in [2.45, 2.75) is 186 Å². The first-order valence-corrected chi connectivity index (χ1v) is 26.4. The number of carbonyl (C=O) groups is 4. The lowest BCUT2D eigenvalue weighted by Gasteiger charge is -2.68. The van der Waals surface area contributed by atoms with Gasteiger partial charge in [0.05, 0.1) is 36.3 Å². The Labute approximate surface area is 404 Å². The number of aliphatic hydroxyl groups is 2. The van der Waals surface area contributed by atoms with E-state index in [1.165, 1.54) is 14.0 Å². The van der Waals surface area contributed by atoms with Gasteiger partial charge in [-0.15, -0.1) is 0 Å². The minimum Gasteiger partial charge on any atom is -0.458 e. The molecule has 2 saturated carbocycles. The van der Waals surface area contributed by atoms with E-state index in [2.05, 4.69) is 46.9 Å². The van der Waals surface area contributed by atoms with Crippen LogP contribution in [0.5, 0.6) is 0 Å². The van der Waals surface area contributed by atoms with E-state index in [0.29, 0.717) is 16.7 Å². The van der Waals surface area contributed by atoms with Gasteiger partial charge in [0.2, 0.25) is 8.32 Å². The van der Waals surface area contributed by atoms with E-state index in [1.54, 1.807) is 65.0 Å². The number of ether oxygens (including phenoxy) is 6. The zero-order valence-electron chi connectivity index (χ0n) is 42.8. The Bertz CT molecular complexity index is 2150. The van der Waals surface area contributed by atoms with Gasteiger partial charge in [-0.05, 0) is 85.0 Å². The number of aliphatic hydroxyl groups excluding tert-OH is 2. The fraction of sp³-hybridized carbons (Fsp3) is 0.660. The fourth-order valence-electron chi connectivity index (χ4n) is 12.9. The second-order valence-electron chi connectivity index (χ2n) is 22.3. The Hall–Kier alpha value is -4.12. The molecule has 0 spiro atoms. The van der Waals surface area contributed by atoms with E-state index in [1.807, 2.05) is 44.2 Å². The number of benzene rings is 2. The van der Waals surface area contributed by atoms with E-state index in [9.17, 15) is 24.6 Å². The standard InChI is InChI=1S/C53H77NO13Si/c1-29(2)68(30(3)4,31(5)6)67-44(41(34-22-18-16-19-23-34)54-49(60)66-50(9,10)11)48(59)63-37-26-36-43(64-47(58)35-24-20-17-21-25-35)45-52(14,46(57)42(56)40(32(37)7)51(36,12)13)38(61-15)27-39-53(45,28-62-39)65-33(8)55/h16-25,29-31,36-39,41-46,56-57H,26-28H2,1-15H3,(H,54,60)/t36-,37-,38-,39+,41-,42+,43+,44+,45-,46-,52+,53-/m0/s1. The third-order valence-electron chi connectivity index (χ3n) is 15.9. The number of amides is 1. The van der Waals surface area contributed by atoms with Crippen molar-refractivity contribution in [1.82, 2.24) is 5.32 Å². The van der Waals surface area contributed by atoms with Crippen LogP contribution in [-0.2, 0) is 42.4 Å². The van der Waals surface area contributed by atoms with Crippen LogP contribution in [0.3, 0.4) is 0 Å². The zero-order chi connectivity index (χ0) is 50.5. The second kappa shape index (κ2) is 19.9. The summed E-state index contributed by atoms with van der Waals surface area (Å²) in [6, 6.07) is 16.6. The molecule has 1 heterocycles. The summed E-state index contributed by atoms with van der Waals surface area (Å²) in [6.07, 6.45) is -8.58. The maximum Gasteiger partial charge on any atom is 0.408 e. The van der Waals surface area contributed by atoms with Crippen molar-refractivity contribution in [3.8, 4) is 0 Å².